The molecule has 160 valence electrons. The van der Waals surface area contributed by atoms with Crippen molar-refractivity contribution >= 4 is 39.8 Å². The van der Waals surface area contributed by atoms with Crippen molar-refractivity contribution in [2.24, 2.45) is 16.3 Å². The van der Waals surface area contributed by atoms with E-state index in [1.807, 2.05) is 24.3 Å². The van der Waals surface area contributed by atoms with Crippen LogP contribution in [0.15, 0.2) is 29.3 Å². The van der Waals surface area contributed by atoms with E-state index in [0.717, 1.165) is 23.6 Å². The van der Waals surface area contributed by atoms with Gasteiger partial charge in [0.1, 0.15) is 0 Å². The van der Waals surface area contributed by atoms with E-state index in [-0.39, 0.29) is 29.7 Å². The Morgan fingerprint density at radius 2 is 1.68 bits per heavy atom. The lowest BCUT2D eigenvalue weighted by atomic mass is 9.78. The van der Waals surface area contributed by atoms with E-state index in [2.05, 4.69) is 29.5 Å². The molecule has 0 atom stereocenters. The molecular weight excluding hydrogens is 485 g/mol. The second-order valence-corrected chi connectivity index (χ2v) is 10.6. The third-order valence-electron chi connectivity index (χ3n) is 5.27. The quantitative estimate of drug-likeness (QED) is 0.307. The van der Waals surface area contributed by atoms with Gasteiger partial charge in [0, 0.05) is 26.4 Å². The maximum atomic E-state index is 11.4. The summed E-state index contributed by atoms with van der Waals surface area (Å²) in [6, 6.07) is 7.70. The minimum absolute atomic E-state index is 0. The first-order valence-electron chi connectivity index (χ1n) is 9.91. The van der Waals surface area contributed by atoms with Crippen LogP contribution in [0.5, 0.6) is 0 Å². The summed E-state index contributed by atoms with van der Waals surface area (Å²) >= 11 is 0. The Morgan fingerprint density at radius 1 is 1.11 bits per heavy atom. The molecule has 5 nitrogen and oxygen atoms in total. The molecule has 0 aliphatic heterocycles. The van der Waals surface area contributed by atoms with Crippen molar-refractivity contribution in [2.75, 3.05) is 19.8 Å². The van der Waals surface area contributed by atoms with Gasteiger partial charge in [0.2, 0.25) is 0 Å². The van der Waals surface area contributed by atoms with Crippen LogP contribution in [-0.2, 0) is 22.1 Å². The van der Waals surface area contributed by atoms with E-state index in [9.17, 15) is 8.42 Å². The normalized spacial score (nSPS) is 16.7. The average molecular weight is 522 g/mol. The number of hydrogen-bond acceptors (Lipinski definition) is 3. The molecule has 1 aromatic rings. The number of rotatable bonds is 8. The van der Waals surface area contributed by atoms with E-state index in [4.69, 9.17) is 0 Å². The second kappa shape index (κ2) is 11.4. The first-order valence-corrected chi connectivity index (χ1v) is 12.0. The standard InChI is InChI=1S/C21H35N3O2S.HI/c1-17(2)13-21(11-5-6-12-21)16-24-20(22-3)23-14-18-7-9-19(10-8-18)15-27(4,25)26;/h7-10,17H,5-6,11-16H2,1-4H3,(H2,22,23,24);1H. The van der Waals surface area contributed by atoms with E-state index in [1.165, 1.54) is 38.4 Å². The Labute approximate surface area is 188 Å². The molecule has 1 aliphatic rings. The van der Waals surface area contributed by atoms with Crippen molar-refractivity contribution in [3.8, 4) is 0 Å². The molecule has 1 aromatic carbocycles. The SMILES string of the molecule is CN=C(NCc1ccc(CS(C)(=O)=O)cc1)NCC1(CC(C)C)CCCC1.I. The maximum absolute atomic E-state index is 11.4. The Morgan fingerprint density at radius 3 is 2.18 bits per heavy atom. The highest BCUT2D eigenvalue weighted by Crippen LogP contribution is 2.42. The van der Waals surface area contributed by atoms with Crippen molar-refractivity contribution < 1.29 is 8.42 Å². The zero-order chi connectivity index (χ0) is 19.9. The van der Waals surface area contributed by atoms with Crippen LogP contribution >= 0.6 is 24.0 Å². The van der Waals surface area contributed by atoms with Gasteiger partial charge in [0.05, 0.1) is 5.75 Å². The predicted molar refractivity (Wildman–Crippen MR) is 129 cm³/mol. The number of halogens is 1. The average Bonchev–Trinajstić information content (AvgIpc) is 3.03. The largest absolute Gasteiger partial charge is 0.356 e. The fraction of sp³-hybridized carbons (Fsp3) is 0.667. The highest BCUT2D eigenvalue weighted by atomic mass is 127. The van der Waals surface area contributed by atoms with Crippen molar-refractivity contribution in [1.82, 2.24) is 10.6 Å². The molecule has 0 amide bonds. The van der Waals surface area contributed by atoms with Gasteiger partial charge in [0.15, 0.2) is 15.8 Å². The molecule has 1 saturated carbocycles. The molecule has 1 aliphatic carbocycles. The Hall–Kier alpha value is -0.830. The van der Waals surface area contributed by atoms with Crippen LogP contribution in [0.2, 0.25) is 0 Å². The molecule has 2 rings (SSSR count). The lowest BCUT2D eigenvalue weighted by Crippen LogP contribution is -2.43. The van der Waals surface area contributed by atoms with Gasteiger partial charge in [-0.3, -0.25) is 4.99 Å². The van der Waals surface area contributed by atoms with E-state index < -0.39 is 9.84 Å². The Kier molecular flexibility index (Phi) is 10.2. The van der Waals surface area contributed by atoms with Gasteiger partial charge >= 0.3 is 0 Å². The first-order chi connectivity index (χ1) is 12.7. The van der Waals surface area contributed by atoms with Crippen molar-refractivity contribution in [3.05, 3.63) is 35.4 Å². The van der Waals surface area contributed by atoms with Crippen LogP contribution in [-0.4, -0.2) is 34.2 Å². The first kappa shape index (κ1) is 25.2. The fourth-order valence-electron chi connectivity index (χ4n) is 4.18. The number of guanidine groups is 1. The van der Waals surface area contributed by atoms with Crippen molar-refractivity contribution in [1.29, 1.82) is 0 Å². The van der Waals surface area contributed by atoms with Crippen LogP contribution in [0, 0.1) is 11.3 Å². The third kappa shape index (κ3) is 8.68. The summed E-state index contributed by atoms with van der Waals surface area (Å²) < 4.78 is 22.8. The van der Waals surface area contributed by atoms with Gasteiger partial charge in [-0.1, -0.05) is 51.0 Å². The van der Waals surface area contributed by atoms with Crippen LogP contribution < -0.4 is 10.6 Å². The maximum Gasteiger partial charge on any atom is 0.191 e. The lowest BCUT2D eigenvalue weighted by molar-refractivity contribution is 0.235. The van der Waals surface area contributed by atoms with Crippen LogP contribution in [0.25, 0.3) is 0 Å². The number of nitrogens with zero attached hydrogens (tertiary/aromatic N) is 1. The van der Waals surface area contributed by atoms with Crippen LogP contribution in [0.1, 0.15) is 57.1 Å². The molecule has 1 fully saturated rings. The number of aliphatic imine (C=N–C) groups is 1. The second-order valence-electron chi connectivity index (χ2n) is 8.47. The van der Waals surface area contributed by atoms with E-state index >= 15 is 0 Å². The zero-order valence-electron chi connectivity index (χ0n) is 17.6. The smallest absolute Gasteiger partial charge is 0.191 e. The summed E-state index contributed by atoms with van der Waals surface area (Å²) in [5.74, 6) is 1.62. The van der Waals surface area contributed by atoms with Gasteiger partial charge in [0.25, 0.3) is 0 Å². The van der Waals surface area contributed by atoms with Gasteiger partial charge in [-0.05, 0) is 41.7 Å². The minimum Gasteiger partial charge on any atom is -0.356 e. The third-order valence-corrected chi connectivity index (χ3v) is 6.13. The number of hydrogen-bond donors (Lipinski definition) is 2. The molecule has 0 saturated heterocycles. The summed E-state index contributed by atoms with van der Waals surface area (Å²) in [4.78, 5) is 4.36. The van der Waals surface area contributed by atoms with Gasteiger partial charge in [-0.25, -0.2) is 8.42 Å². The van der Waals surface area contributed by atoms with Crippen molar-refractivity contribution in [2.45, 2.75) is 58.2 Å². The molecule has 0 radical (unpaired) electrons. The summed E-state index contributed by atoms with van der Waals surface area (Å²) in [7, 11) is -1.19. The summed E-state index contributed by atoms with van der Waals surface area (Å²) in [5, 5.41) is 6.90. The summed E-state index contributed by atoms with van der Waals surface area (Å²) in [6.45, 7) is 6.25. The molecule has 2 N–H and O–H groups in total. The lowest BCUT2D eigenvalue weighted by Gasteiger charge is -2.32. The zero-order valence-corrected chi connectivity index (χ0v) is 20.8. The van der Waals surface area contributed by atoms with E-state index in [1.54, 1.807) is 7.05 Å². The molecule has 28 heavy (non-hydrogen) atoms. The molecule has 0 heterocycles. The Balaban J connectivity index is 0.00000392. The number of nitrogens with one attached hydrogen (secondary N) is 2. The minimum atomic E-state index is -2.99. The van der Waals surface area contributed by atoms with Crippen molar-refractivity contribution in [3.63, 3.8) is 0 Å². The van der Waals surface area contributed by atoms with Crippen LogP contribution in [0.4, 0.5) is 0 Å². The molecular formula is C21H36IN3O2S. The van der Waals surface area contributed by atoms with Crippen LogP contribution in [0.3, 0.4) is 0 Å². The monoisotopic (exact) mass is 521 g/mol. The highest BCUT2D eigenvalue weighted by molar-refractivity contribution is 14.0. The molecule has 0 aromatic heterocycles. The topological polar surface area (TPSA) is 70.6 Å². The summed E-state index contributed by atoms with van der Waals surface area (Å²) in [6.07, 6.45) is 7.79. The predicted octanol–water partition coefficient (Wildman–Crippen LogP) is 4.12. The molecule has 0 bridgehead atoms. The van der Waals surface area contributed by atoms with E-state index in [0.29, 0.717) is 17.9 Å². The van der Waals surface area contributed by atoms with Gasteiger partial charge in [-0.2, -0.15) is 0 Å². The fourth-order valence-corrected chi connectivity index (χ4v) is 4.98. The highest BCUT2D eigenvalue weighted by Gasteiger charge is 2.34. The summed E-state index contributed by atoms with van der Waals surface area (Å²) in [5.41, 5.74) is 2.33. The van der Waals surface area contributed by atoms with Gasteiger partial charge in [-0.15, -0.1) is 24.0 Å². The number of benzene rings is 1. The number of sulfone groups is 1. The molecule has 0 spiro atoms. The Bertz CT molecular complexity index is 725. The molecule has 0 unspecified atom stereocenters. The van der Waals surface area contributed by atoms with Gasteiger partial charge < -0.3 is 10.6 Å². The molecule has 7 heteroatoms.